The van der Waals surface area contributed by atoms with Gasteiger partial charge in [0.05, 0.1) is 0 Å². The van der Waals surface area contributed by atoms with Crippen molar-refractivity contribution >= 4 is 0 Å². The Hall–Kier alpha value is -1.56. The summed E-state index contributed by atoms with van der Waals surface area (Å²) in [6.07, 6.45) is 14.7. The zero-order valence-electron chi connectivity index (χ0n) is 22.4. The molecule has 0 saturated heterocycles. The van der Waals surface area contributed by atoms with Gasteiger partial charge in [-0.2, -0.15) is 0 Å². The van der Waals surface area contributed by atoms with E-state index in [9.17, 15) is 0 Å². The average molecular weight is 435 g/mol. The van der Waals surface area contributed by atoms with E-state index in [-0.39, 0.29) is 0 Å². The molecule has 0 unspecified atom stereocenters. The predicted molar refractivity (Wildman–Crippen MR) is 144 cm³/mol. The first kappa shape index (κ1) is 26.7. The average Bonchev–Trinajstić information content (AvgIpc) is 2.78. The number of hydrogen-bond acceptors (Lipinski definition) is 0. The molecule has 32 heavy (non-hydrogen) atoms. The normalized spacial score (nSPS) is 11.5. The van der Waals surface area contributed by atoms with Crippen LogP contribution in [0.25, 0.3) is 0 Å². The van der Waals surface area contributed by atoms with Crippen molar-refractivity contribution in [2.24, 2.45) is 0 Å². The third-order valence-corrected chi connectivity index (χ3v) is 7.10. The van der Waals surface area contributed by atoms with Crippen LogP contribution in [0.1, 0.15) is 137 Å². The van der Waals surface area contributed by atoms with E-state index in [0.717, 1.165) is 0 Å². The van der Waals surface area contributed by atoms with Crippen molar-refractivity contribution in [2.45, 2.75) is 131 Å². The van der Waals surface area contributed by atoms with Gasteiger partial charge in [-0.25, -0.2) is 0 Å². The molecule has 0 N–H and O–H groups in total. The molecule has 0 spiro atoms. The molecule has 2 aromatic carbocycles. The Labute approximate surface area is 200 Å². The molecule has 0 aliphatic rings. The fraction of sp³-hybridized carbons (Fsp3) is 0.625. The van der Waals surface area contributed by atoms with E-state index >= 15 is 0 Å². The summed E-state index contributed by atoms with van der Waals surface area (Å²) in [6, 6.07) is 9.93. The minimum absolute atomic E-state index is 0.468. The largest absolute Gasteiger partial charge is 0.0651 e. The van der Waals surface area contributed by atoms with Crippen LogP contribution in [0.3, 0.4) is 0 Å². The zero-order chi connectivity index (χ0) is 23.5. The van der Waals surface area contributed by atoms with Crippen molar-refractivity contribution in [3.8, 4) is 0 Å². The Morgan fingerprint density at radius 1 is 0.438 bits per heavy atom. The molecule has 0 bridgehead atoms. The van der Waals surface area contributed by atoms with Gasteiger partial charge in [0.15, 0.2) is 0 Å². The molecular formula is C32H50. The Balaban J connectivity index is 2.68. The van der Waals surface area contributed by atoms with E-state index in [0.29, 0.717) is 5.92 Å². The van der Waals surface area contributed by atoms with Crippen LogP contribution in [-0.2, 0) is 38.5 Å². The lowest BCUT2D eigenvalue weighted by Crippen LogP contribution is -2.12. The summed E-state index contributed by atoms with van der Waals surface area (Å²) in [6.45, 7) is 16.5. The fourth-order valence-corrected chi connectivity index (χ4v) is 5.72. The van der Waals surface area contributed by atoms with Gasteiger partial charge in [0, 0.05) is 5.92 Å². The summed E-state index contributed by atoms with van der Waals surface area (Å²) in [5.41, 5.74) is 13.1. The predicted octanol–water partition coefficient (Wildman–Crippen LogP) is 9.55. The molecule has 0 aliphatic carbocycles. The molecule has 0 saturated carbocycles. The SMILES string of the molecule is CCCc1ccc(C(C)c2ccc(CCC)c(CCC)c2CCC)c(CCC)c1CCC. The first-order chi connectivity index (χ1) is 15.6. The highest BCUT2D eigenvalue weighted by Crippen LogP contribution is 2.36. The van der Waals surface area contributed by atoms with Crippen LogP contribution in [0.5, 0.6) is 0 Å². The standard InChI is InChI=1S/C32H50/c1-8-14-25-20-22-27(31(18-12-5)29(25)16-10-3)24(7)28-23-21-26(15-9-2)30(17-11-4)32(28)19-13-6/h20-24H,8-19H2,1-7H3. The first-order valence-electron chi connectivity index (χ1n) is 13.8. The van der Waals surface area contributed by atoms with Crippen LogP contribution >= 0.6 is 0 Å². The van der Waals surface area contributed by atoms with E-state index < -0.39 is 0 Å². The van der Waals surface area contributed by atoms with Crippen LogP contribution in [-0.4, -0.2) is 0 Å². The second-order valence-electron chi connectivity index (χ2n) is 9.76. The van der Waals surface area contributed by atoms with Crippen LogP contribution in [0, 0.1) is 0 Å². The lowest BCUT2D eigenvalue weighted by atomic mass is 9.78. The molecular weight excluding hydrogens is 384 g/mol. The Kier molecular flexibility index (Phi) is 11.6. The summed E-state index contributed by atoms with van der Waals surface area (Å²) >= 11 is 0. The maximum absolute atomic E-state index is 2.50. The van der Waals surface area contributed by atoms with Crippen molar-refractivity contribution in [1.29, 1.82) is 0 Å². The molecule has 178 valence electrons. The van der Waals surface area contributed by atoms with Gasteiger partial charge in [-0.15, -0.1) is 0 Å². The number of hydrogen-bond donors (Lipinski definition) is 0. The maximum Gasteiger partial charge on any atom is 0.00666 e. The molecule has 0 heteroatoms. The van der Waals surface area contributed by atoms with Crippen LogP contribution in [0.2, 0.25) is 0 Å². The van der Waals surface area contributed by atoms with Crippen LogP contribution in [0.4, 0.5) is 0 Å². The van der Waals surface area contributed by atoms with E-state index in [1.54, 1.807) is 44.5 Å². The van der Waals surface area contributed by atoms with Gasteiger partial charge in [-0.3, -0.25) is 0 Å². The van der Waals surface area contributed by atoms with Crippen molar-refractivity contribution in [3.05, 3.63) is 68.8 Å². The topological polar surface area (TPSA) is 0 Å². The molecule has 0 amide bonds. The van der Waals surface area contributed by atoms with E-state index in [2.05, 4.69) is 72.7 Å². The second-order valence-corrected chi connectivity index (χ2v) is 9.76. The molecule has 0 aliphatic heterocycles. The molecule has 0 heterocycles. The second kappa shape index (κ2) is 13.9. The van der Waals surface area contributed by atoms with Gasteiger partial charge >= 0.3 is 0 Å². The van der Waals surface area contributed by atoms with Crippen molar-refractivity contribution in [1.82, 2.24) is 0 Å². The highest BCUT2D eigenvalue weighted by Gasteiger charge is 2.21. The van der Waals surface area contributed by atoms with Gasteiger partial charge in [0.1, 0.15) is 0 Å². The molecule has 0 aromatic heterocycles. The lowest BCUT2D eigenvalue weighted by Gasteiger charge is -2.26. The molecule has 2 aromatic rings. The van der Waals surface area contributed by atoms with E-state index in [1.165, 1.54) is 77.0 Å². The molecule has 0 atom stereocenters. The van der Waals surface area contributed by atoms with Crippen molar-refractivity contribution in [2.75, 3.05) is 0 Å². The monoisotopic (exact) mass is 434 g/mol. The summed E-state index contributed by atoms with van der Waals surface area (Å²) in [4.78, 5) is 0. The number of benzene rings is 2. The first-order valence-corrected chi connectivity index (χ1v) is 13.8. The van der Waals surface area contributed by atoms with E-state index in [4.69, 9.17) is 0 Å². The van der Waals surface area contributed by atoms with Gasteiger partial charge in [0.2, 0.25) is 0 Å². The number of aryl methyl sites for hydroxylation is 2. The van der Waals surface area contributed by atoms with E-state index in [1.807, 2.05) is 0 Å². The Bertz CT molecular complexity index is 757. The molecule has 0 fully saturated rings. The highest BCUT2D eigenvalue weighted by atomic mass is 14.3. The fourth-order valence-electron chi connectivity index (χ4n) is 5.72. The Morgan fingerprint density at radius 2 is 0.750 bits per heavy atom. The highest BCUT2D eigenvalue weighted by molar-refractivity contribution is 5.50. The van der Waals surface area contributed by atoms with Gasteiger partial charge in [0.25, 0.3) is 0 Å². The number of rotatable bonds is 14. The van der Waals surface area contributed by atoms with Gasteiger partial charge < -0.3 is 0 Å². The summed E-state index contributed by atoms with van der Waals surface area (Å²) in [5, 5.41) is 0. The quantitative estimate of drug-likeness (QED) is 0.277. The summed E-state index contributed by atoms with van der Waals surface area (Å²) in [7, 11) is 0. The molecule has 2 rings (SSSR count). The molecule has 0 radical (unpaired) electrons. The third kappa shape index (κ3) is 6.27. The van der Waals surface area contributed by atoms with Crippen LogP contribution in [0.15, 0.2) is 24.3 Å². The smallest absolute Gasteiger partial charge is 0.00666 e. The lowest BCUT2D eigenvalue weighted by molar-refractivity contribution is 0.774. The van der Waals surface area contributed by atoms with Gasteiger partial charge in [-0.05, 0) is 83.0 Å². The molecule has 0 nitrogen and oxygen atoms in total. The summed E-state index contributed by atoms with van der Waals surface area (Å²) < 4.78 is 0. The zero-order valence-corrected chi connectivity index (χ0v) is 22.4. The maximum atomic E-state index is 2.50. The summed E-state index contributed by atoms with van der Waals surface area (Å²) in [5.74, 6) is 0.468. The third-order valence-electron chi connectivity index (χ3n) is 7.10. The minimum atomic E-state index is 0.468. The van der Waals surface area contributed by atoms with Crippen molar-refractivity contribution < 1.29 is 0 Å². The van der Waals surface area contributed by atoms with Crippen LogP contribution < -0.4 is 0 Å². The minimum Gasteiger partial charge on any atom is -0.0651 e. The van der Waals surface area contributed by atoms with Crippen molar-refractivity contribution in [3.63, 3.8) is 0 Å². The van der Waals surface area contributed by atoms with Gasteiger partial charge in [-0.1, -0.05) is 111 Å². The Morgan fingerprint density at radius 3 is 1.06 bits per heavy atom.